The second kappa shape index (κ2) is 7.96. The molecular formula is C19H24Cl2N2O2. The van der Waals surface area contributed by atoms with E-state index in [1.165, 1.54) is 0 Å². The molecule has 0 aromatic heterocycles. The fraction of sp³-hybridized carbons (Fsp3) is 0.579. The fourth-order valence-electron chi connectivity index (χ4n) is 3.80. The lowest BCUT2D eigenvalue weighted by Gasteiger charge is -2.30. The zero-order chi connectivity index (χ0) is 18.0. The zero-order valence-corrected chi connectivity index (χ0v) is 15.9. The molecule has 1 heterocycles. The highest BCUT2D eigenvalue weighted by Crippen LogP contribution is 2.27. The molecule has 1 N–H and O–H groups in total. The third-order valence-corrected chi connectivity index (χ3v) is 5.90. The predicted octanol–water partition coefficient (Wildman–Crippen LogP) is 4.29. The Morgan fingerprint density at radius 3 is 2.56 bits per heavy atom. The minimum absolute atomic E-state index is 0.0384. The van der Waals surface area contributed by atoms with Crippen molar-refractivity contribution in [3.05, 3.63) is 33.8 Å². The lowest BCUT2D eigenvalue weighted by atomic mass is 9.87. The standard InChI is InChI=1S/C19H24Cl2N2O2/c1-12-4-7-14(8-5-12)22-18(24)17-3-2-10-23(17)19(25)15-11-13(20)6-9-16(15)21/h6,9,11-12,14,17H,2-5,7-8,10H2,1H3,(H,22,24). The number of amides is 2. The van der Waals surface area contributed by atoms with Crippen LogP contribution in [0.2, 0.25) is 10.0 Å². The molecule has 1 aromatic carbocycles. The van der Waals surface area contributed by atoms with Crippen molar-refractivity contribution >= 4 is 35.0 Å². The molecule has 4 nitrogen and oxygen atoms in total. The van der Waals surface area contributed by atoms with E-state index in [0.717, 1.165) is 38.0 Å². The quantitative estimate of drug-likeness (QED) is 0.847. The van der Waals surface area contributed by atoms with Crippen molar-refractivity contribution in [2.75, 3.05) is 6.54 Å². The highest BCUT2D eigenvalue weighted by Gasteiger charge is 2.36. The number of hydrogen-bond donors (Lipinski definition) is 1. The van der Waals surface area contributed by atoms with Crippen molar-refractivity contribution < 1.29 is 9.59 Å². The monoisotopic (exact) mass is 382 g/mol. The maximum atomic E-state index is 12.9. The van der Waals surface area contributed by atoms with Gasteiger partial charge in [0.15, 0.2) is 0 Å². The van der Waals surface area contributed by atoms with Crippen molar-refractivity contribution in [2.24, 2.45) is 5.92 Å². The number of likely N-dealkylation sites (tertiary alicyclic amines) is 1. The van der Waals surface area contributed by atoms with E-state index in [0.29, 0.717) is 28.6 Å². The molecule has 2 fully saturated rings. The molecule has 136 valence electrons. The number of rotatable bonds is 3. The number of benzene rings is 1. The van der Waals surface area contributed by atoms with Gasteiger partial charge in [-0.15, -0.1) is 0 Å². The summed E-state index contributed by atoms with van der Waals surface area (Å²) in [6, 6.07) is 4.66. The Labute approximate surface area is 158 Å². The molecule has 6 heteroatoms. The Bertz CT molecular complexity index is 657. The van der Waals surface area contributed by atoms with E-state index in [1.807, 2.05) is 0 Å². The lowest BCUT2D eigenvalue weighted by Crippen LogP contribution is -2.49. The predicted molar refractivity (Wildman–Crippen MR) is 100 cm³/mol. The summed E-state index contributed by atoms with van der Waals surface area (Å²) in [5.41, 5.74) is 0.361. The van der Waals surface area contributed by atoms with E-state index in [-0.39, 0.29) is 17.9 Å². The van der Waals surface area contributed by atoms with E-state index < -0.39 is 6.04 Å². The normalized spacial score (nSPS) is 26.5. The first-order valence-electron chi connectivity index (χ1n) is 9.02. The molecule has 2 amide bonds. The van der Waals surface area contributed by atoms with Gasteiger partial charge in [0.1, 0.15) is 6.04 Å². The maximum Gasteiger partial charge on any atom is 0.256 e. The molecular weight excluding hydrogens is 359 g/mol. The Kier molecular flexibility index (Phi) is 5.90. The van der Waals surface area contributed by atoms with Gasteiger partial charge in [0.25, 0.3) is 5.91 Å². The van der Waals surface area contributed by atoms with Crippen LogP contribution in [0, 0.1) is 5.92 Å². The van der Waals surface area contributed by atoms with Crippen LogP contribution in [0.3, 0.4) is 0 Å². The maximum absolute atomic E-state index is 12.9. The molecule has 3 rings (SSSR count). The van der Waals surface area contributed by atoms with Gasteiger partial charge in [-0.2, -0.15) is 0 Å². The first-order chi connectivity index (χ1) is 12.0. The Morgan fingerprint density at radius 1 is 1.12 bits per heavy atom. The summed E-state index contributed by atoms with van der Waals surface area (Å²) in [5, 5.41) is 3.98. The molecule has 1 unspecified atom stereocenters. The van der Waals surface area contributed by atoms with E-state index in [9.17, 15) is 9.59 Å². The van der Waals surface area contributed by atoms with E-state index in [2.05, 4.69) is 12.2 Å². The minimum atomic E-state index is -0.415. The molecule has 1 aliphatic heterocycles. The van der Waals surface area contributed by atoms with Crippen LogP contribution in [-0.4, -0.2) is 35.3 Å². The smallest absolute Gasteiger partial charge is 0.256 e. The van der Waals surface area contributed by atoms with Crippen LogP contribution in [-0.2, 0) is 4.79 Å². The van der Waals surface area contributed by atoms with Crippen molar-refractivity contribution in [1.29, 1.82) is 0 Å². The molecule has 1 aliphatic carbocycles. The summed E-state index contributed by atoms with van der Waals surface area (Å²) in [6.07, 6.45) is 5.86. The van der Waals surface area contributed by atoms with Crippen molar-refractivity contribution in [3.8, 4) is 0 Å². The second-order valence-corrected chi connectivity index (χ2v) is 8.09. The molecule has 0 radical (unpaired) electrons. The van der Waals surface area contributed by atoms with E-state index >= 15 is 0 Å². The Balaban J connectivity index is 1.68. The molecule has 1 saturated heterocycles. The van der Waals surface area contributed by atoms with Gasteiger partial charge in [-0.3, -0.25) is 9.59 Å². The Morgan fingerprint density at radius 2 is 1.84 bits per heavy atom. The fourth-order valence-corrected chi connectivity index (χ4v) is 4.17. The third-order valence-electron chi connectivity index (χ3n) is 5.34. The summed E-state index contributed by atoms with van der Waals surface area (Å²) in [7, 11) is 0. The van der Waals surface area contributed by atoms with Crippen LogP contribution in [0.5, 0.6) is 0 Å². The molecule has 1 saturated carbocycles. The molecule has 0 spiro atoms. The molecule has 25 heavy (non-hydrogen) atoms. The van der Waals surface area contributed by atoms with Crippen molar-refractivity contribution in [3.63, 3.8) is 0 Å². The average Bonchev–Trinajstić information content (AvgIpc) is 3.08. The lowest BCUT2D eigenvalue weighted by molar-refractivity contribution is -0.125. The molecule has 2 aliphatic rings. The number of carbonyl (C=O) groups excluding carboxylic acids is 2. The highest BCUT2D eigenvalue weighted by atomic mass is 35.5. The summed E-state index contributed by atoms with van der Waals surface area (Å²) >= 11 is 12.2. The molecule has 0 bridgehead atoms. The van der Waals surface area contributed by atoms with Gasteiger partial charge in [0, 0.05) is 17.6 Å². The van der Waals surface area contributed by atoms with Crippen LogP contribution >= 0.6 is 23.2 Å². The van der Waals surface area contributed by atoms with E-state index in [4.69, 9.17) is 23.2 Å². The van der Waals surface area contributed by atoms with Gasteiger partial charge in [0.05, 0.1) is 10.6 Å². The van der Waals surface area contributed by atoms with Crippen molar-refractivity contribution in [2.45, 2.75) is 57.5 Å². The summed E-state index contributed by atoms with van der Waals surface area (Å²) in [4.78, 5) is 27.2. The van der Waals surface area contributed by atoms with Gasteiger partial charge >= 0.3 is 0 Å². The van der Waals surface area contributed by atoms with Crippen LogP contribution in [0.1, 0.15) is 55.8 Å². The minimum Gasteiger partial charge on any atom is -0.352 e. The number of carbonyl (C=O) groups is 2. The van der Waals surface area contributed by atoms with Gasteiger partial charge in [-0.05, 0) is 62.6 Å². The number of nitrogens with one attached hydrogen (secondary N) is 1. The van der Waals surface area contributed by atoms with Crippen LogP contribution in [0.15, 0.2) is 18.2 Å². The van der Waals surface area contributed by atoms with Crippen LogP contribution in [0.25, 0.3) is 0 Å². The van der Waals surface area contributed by atoms with Gasteiger partial charge < -0.3 is 10.2 Å². The SMILES string of the molecule is CC1CCC(NC(=O)C2CCCN2C(=O)c2cc(Cl)ccc2Cl)CC1. The number of hydrogen-bond acceptors (Lipinski definition) is 2. The first-order valence-corrected chi connectivity index (χ1v) is 9.77. The largest absolute Gasteiger partial charge is 0.352 e. The van der Waals surface area contributed by atoms with Gasteiger partial charge in [-0.1, -0.05) is 30.1 Å². The summed E-state index contributed by atoms with van der Waals surface area (Å²) in [6.45, 7) is 2.83. The van der Waals surface area contributed by atoms with Gasteiger partial charge in [0.2, 0.25) is 5.91 Å². The first kappa shape index (κ1) is 18.5. The third kappa shape index (κ3) is 4.29. The number of halogens is 2. The average molecular weight is 383 g/mol. The Hall–Kier alpha value is -1.26. The second-order valence-electron chi connectivity index (χ2n) is 7.25. The van der Waals surface area contributed by atoms with E-state index in [1.54, 1.807) is 23.1 Å². The van der Waals surface area contributed by atoms with Gasteiger partial charge in [-0.25, -0.2) is 0 Å². The van der Waals surface area contributed by atoms with Crippen LogP contribution in [0.4, 0.5) is 0 Å². The zero-order valence-electron chi connectivity index (χ0n) is 14.4. The van der Waals surface area contributed by atoms with Crippen molar-refractivity contribution in [1.82, 2.24) is 10.2 Å². The van der Waals surface area contributed by atoms with Crippen LogP contribution < -0.4 is 5.32 Å². The molecule has 1 aromatic rings. The summed E-state index contributed by atoms with van der Waals surface area (Å²) in [5.74, 6) is 0.480. The molecule has 1 atom stereocenters. The summed E-state index contributed by atoms with van der Waals surface area (Å²) < 4.78 is 0. The topological polar surface area (TPSA) is 49.4 Å². The number of nitrogens with zero attached hydrogens (tertiary/aromatic N) is 1. The highest BCUT2D eigenvalue weighted by molar-refractivity contribution is 6.35.